The van der Waals surface area contributed by atoms with Crippen LogP contribution in [0.3, 0.4) is 0 Å². The number of halogens is 1. The molecule has 7 heteroatoms. The first-order chi connectivity index (χ1) is 13.8. The zero-order valence-corrected chi connectivity index (χ0v) is 16.4. The number of rotatable bonds is 6. The lowest BCUT2D eigenvalue weighted by molar-refractivity contribution is -0.111. The molecule has 0 aliphatic heterocycles. The van der Waals surface area contributed by atoms with Gasteiger partial charge in [-0.1, -0.05) is 42.5 Å². The quantitative estimate of drug-likeness (QED) is 0.580. The van der Waals surface area contributed by atoms with E-state index < -0.39 is 15.9 Å². The van der Waals surface area contributed by atoms with Crippen LogP contribution in [0.1, 0.15) is 12.5 Å². The van der Waals surface area contributed by atoms with Gasteiger partial charge >= 0.3 is 0 Å². The predicted octanol–water partition coefficient (Wildman–Crippen LogP) is 4.67. The largest absolute Gasteiger partial charge is 0.321 e. The summed E-state index contributed by atoms with van der Waals surface area (Å²) in [6, 6.07) is 20.3. The number of carbonyl (C=O) groups is 1. The van der Waals surface area contributed by atoms with Crippen molar-refractivity contribution in [2.24, 2.45) is 0 Å². The fourth-order valence-corrected chi connectivity index (χ4v) is 3.75. The number of nitrogens with one attached hydrogen (secondary N) is 2. The van der Waals surface area contributed by atoms with E-state index in [-0.39, 0.29) is 16.4 Å². The average molecular weight is 410 g/mol. The summed E-state index contributed by atoms with van der Waals surface area (Å²) in [4.78, 5) is 12.5. The molecule has 3 rings (SSSR count). The molecule has 0 saturated carbocycles. The van der Waals surface area contributed by atoms with E-state index >= 15 is 0 Å². The van der Waals surface area contributed by atoms with Crippen molar-refractivity contribution < 1.29 is 17.6 Å². The molecule has 0 atom stereocenters. The highest BCUT2D eigenvalue weighted by molar-refractivity contribution is 7.92. The van der Waals surface area contributed by atoms with Crippen LogP contribution in [0, 0.1) is 5.82 Å². The van der Waals surface area contributed by atoms with Gasteiger partial charge in [-0.2, -0.15) is 0 Å². The first kappa shape index (κ1) is 20.3. The topological polar surface area (TPSA) is 75.3 Å². The molecule has 148 valence electrons. The van der Waals surface area contributed by atoms with Gasteiger partial charge < -0.3 is 5.32 Å². The van der Waals surface area contributed by atoms with Crippen molar-refractivity contribution in [3.05, 3.63) is 96.3 Å². The summed E-state index contributed by atoms with van der Waals surface area (Å²) in [5.74, 6) is -0.788. The average Bonchev–Trinajstić information content (AvgIpc) is 2.70. The van der Waals surface area contributed by atoms with Crippen molar-refractivity contribution in [1.29, 1.82) is 0 Å². The van der Waals surface area contributed by atoms with Crippen molar-refractivity contribution in [3.63, 3.8) is 0 Å². The number of hydrogen-bond donors (Lipinski definition) is 2. The number of amides is 1. The highest BCUT2D eigenvalue weighted by atomic mass is 32.2. The number of benzene rings is 3. The van der Waals surface area contributed by atoms with E-state index in [9.17, 15) is 17.6 Å². The van der Waals surface area contributed by atoms with Gasteiger partial charge in [-0.3, -0.25) is 9.52 Å². The van der Waals surface area contributed by atoms with E-state index in [1.54, 1.807) is 61.5 Å². The molecule has 3 aromatic rings. The Morgan fingerprint density at radius 1 is 0.862 bits per heavy atom. The summed E-state index contributed by atoms with van der Waals surface area (Å²) in [6.45, 7) is 1.73. The molecule has 5 nitrogen and oxygen atoms in total. The van der Waals surface area contributed by atoms with Gasteiger partial charge in [-0.05, 0) is 54.5 Å². The maximum atomic E-state index is 13.0. The highest BCUT2D eigenvalue weighted by Crippen LogP contribution is 2.25. The van der Waals surface area contributed by atoms with Crippen LogP contribution in [0.2, 0.25) is 0 Å². The van der Waals surface area contributed by atoms with Crippen molar-refractivity contribution >= 4 is 32.9 Å². The van der Waals surface area contributed by atoms with E-state index in [1.807, 2.05) is 0 Å². The summed E-state index contributed by atoms with van der Waals surface area (Å²) in [5, 5.41) is 2.68. The minimum atomic E-state index is -3.79. The Hall–Kier alpha value is -3.45. The molecule has 29 heavy (non-hydrogen) atoms. The molecule has 0 spiro atoms. The van der Waals surface area contributed by atoms with Crippen molar-refractivity contribution in [2.45, 2.75) is 11.8 Å². The standard InChI is InChI=1S/C22H19FN2O3S/c1-16(17-11-13-18(23)14-12-17)15-22(26)24-20-9-5-6-10-21(20)25-29(27,28)19-7-3-2-4-8-19/h2-15,25H,1H3,(H,24,26)/b16-15+. The maximum Gasteiger partial charge on any atom is 0.261 e. The van der Waals surface area contributed by atoms with Gasteiger partial charge in [0, 0.05) is 6.08 Å². The predicted molar refractivity (Wildman–Crippen MR) is 112 cm³/mol. The van der Waals surface area contributed by atoms with Gasteiger partial charge in [0.1, 0.15) is 5.82 Å². The second-order valence-corrected chi connectivity index (χ2v) is 7.97. The number of anilines is 2. The van der Waals surface area contributed by atoms with Crippen LogP contribution in [0.4, 0.5) is 15.8 Å². The SMILES string of the molecule is C/C(=C\C(=O)Nc1ccccc1NS(=O)(=O)c1ccccc1)c1ccc(F)cc1. The van der Waals surface area contributed by atoms with Gasteiger partial charge in [0.15, 0.2) is 0 Å². The third-order valence-corrected chi connectivity index (χ3v) is 5.51. The molecule has 0 heterocycles. The molecule has 0 unspecified atom stereocenters. The Labute approximate surface area is 169 Å². The third-order valence-electron chi connectivity index (χ3n) is 4.13. The molecule has 2 N–H and O–H groups in total. The van der Waals surface area contributed by atoms with E-state index in [2.05, 4.69) is 10.0 Å². The molecule has 0 fully saturated rings. The Morgan fingerprint density at radius 2 is 1.45 bits per heavy atom. The molecule has 0 bridgehead atoms. The molecular weight excluding hydrogens is 391 g/mol. The van der Waals surface area contributed by atoms with E-state index in [0.29, 0.717) is 16.8 Å². The minimum absolute atomic E-state index is 0.119. The van der Waals surface area contributed by atoms with E-state index in [0.717, 1.165) is 0 Å². The van der Waals surface area contributed by atoms with Crippen LogP contribution < -0.4 is 10.0 Å². The van der Waals surface area contributed by atoms with Crippen molar-refractivity contribution in [2.75, 3.05) is 10.0 Å². The second-order valence-electron chi connectivity index (χ2n) is 6.29. The lowest BCUT2D eigenvalue weighted by Gasteiger charge is -2.13. The van der Waals surface area contributed by atoms with Crippen LogP contribution in [-0.4, -0.2) is 14.3 Å². The van der Waals surface area contributed by atoms with E-state index in [4.69, 9.17) is 0 Å². The van der Waals surface area contributed by atoms with Gasteiger partial charge in [-0.25, -0.2) is 12.8 Å². The molecule has 0 aromatic heterocycles. The minimum Gasteiger partial charge on any atom is -0.321 e. The Balaban J connectivity index is 1.79. The van der Waals surface area contributed by atoms with Gasteiger partial charge in [0.2, 0.25) is 5.91 Å². The molecule has 0 aliphatic rings. The molecular formula is C22H19FN2O3S. The summed E-state index contributed by atoms with van der Waals surface area (Å²) in [6.07, 6.45) is 1.37. The lowest BCUT2D eigenvalue weighted by Crippen LogP contribution is -2.16. The van der Waals surface area contributed by atoms with Crippen molar-refractivity contribution in [1.82, 2.24) is 0 Å². The van der Waals surface area contributed by atoms with Crippen molar-refractivity contribution in [3.8, 4) is 0 Å². The molecule has 0 radical (unpaired) electrons. The Kier molecular flexibility index (Phi) is 6.09. The molecule has 3 aromatic carbocycles. The zero-order chi connectivity index (χ0) is 20.9. The van der Waals surface area contributed by atoms with Crippen LogP contribution >= 0.6 is 0 Å². The Morgan fingerprint density at radius 3 is 2.10 bits per heavy atom. The Bertz CT molecular complexity index is 1140. The highest BCUT2D eigenvalue weighted by Gasteiger charge is 2.16. The molecule has 1 amide bonds. The van der Waals surface area contributed by atoms with Gasteiger partial charge in [0.25, 0.3) is 10.0 Å². The number of hydrogen-bond acceptors (Lipinski definition) is 3. The van der Waals surface area contributed by atoms with Gasteiger partial charge in [-0.15, -0.1) is 0 Å². The first-order valence-electron chi connectivity index (χ1n) is 8.77. The smallest absolute Gasteiger partial charge is 0.261 e. The fraction of sp³-hybridized carbons (Fsp3) is 0.0455. The number of carbonyl (C=O) groups excluding carboxylic acids is 1. The maximum absolute atomic E-state index is 13.0. The van der Waals surface area contributed by atoms with Crippen LogP contribution in [0.25, 0.3) is 5.57 Å². The van der Waals surface area contributed by atoms with Gasteiger partial charge in [0.05, 0.1) is 16.3 Å². The fourth-order valence-electron chi connectivity index (χ4n) is 2.65. The first-order valence-corrected chi connectivity index (χ1v) is 10.3. The second kappa shape index (κ2) is 8.70. The monoisotopic (exact) mass is 410 g/mol. The summed E-state index contributed by atoms with van der Waals surface area (Å²) < 4.78 is 40.7. The number of allylic oxidation sites excluding steroid dienone is 1. The van der Waals surface area contributed by atoms with Crippen LogP contribution in [-0.2, 0) is 14.8 Å². The summed E-state index contributed by atoms with van der Waals surface area (Å²) in [5.41, 5.74) is 1.92. The van der Waals surface area contributed by atoms with E-state index in [1.165, 1.54) is 30.3 Å². The number of para-hydroxylation sites is 2. The summed E-state index contributed by atoms with van der Waals surface area (Å²) in [7, 11) is -3.79. The number of sulfonamides is 1. The molecule has 0 saturated heterocycles. The third kappa shape index (κ3) is 5.30. The normalized spacial score (nSPS) is 11.7. The lowest BCUT2D eigenvalue weighted by atomic mass is 10.1. The summed E-state index contributed by atoms with van der Waals surface area (Å²) >= 11 is 0. The van der Waals surface area contributed by atoms with Crippen LogP contribution in [0.5, 0.6) is 0 Å². The van der Waals surface area contributed by atoms with Crippen LogP contribution in [0.15, 0.2) is 89.8 Å². The zero-order valence-electron chi connectivity index (χ0n) is 15.6. The molecule has 0 aliphatic carbocycles.